The van der Waals surface area contributed by atoms with Crippen LogP contribution >= 0.6 is 0 Å². The van der Waals surface area contributed by atoms with Crippen molar-refractivity contribution in [3.63, 3.8) is 0 Å². The Morgan fingerprint density at radius 3 is 2.81 bits per heavy atom. The quantitative estimate of drug-likeness (QED) is 0.578. The lowest BCUT2D eigenvalue weighted by Crippen LogP contribution is -2.26. The molecule has 0 atom stereocenters. The van der Waals surface area contributed by atoms with Crippen molar-refractivity contribution in [2.24, 2.45) is 0 Å². The first-order valence-electron chi connectivity index (χ1n) is 9.93. The molecule has 1 saturated heterocycles. The molecule has 158 valence electrons. The molecule has 0 unspecified atom stereocenters. The summed E-state index contributed by atoms with van der Waals surface area (Å²) < 4.78 is 16.8. The standard InChI is InChI=1S/C23H22N4O4/c1-29-21-13-16(5-6-20(21)28)26-23-25-10-7-19(27-23)18-4-2-3-15(14-24)22(18)31-17-8-11-30-12-9-17/h2-7,10,13,17,28H,8-9,11-12H2,1H3,(H,25,26,27). The lowest BCUT2D eigenvalue weighted by Gasteiger charge is -2.25. The number of hydrogen-bond donors (Lipinski definition) is 2. The third-order valence-corrected chi connectivity index (χ3v) is 4.96. The number of anilines is 2. The van der Waals surface area contributed by atoms with Crippen LogP contribution in [0.1, 0.15) is 18.4 Å². The highest BCUT2D eigenvalue weighted by atomic mass is 16.5. The maximum absolute atomic E-state index is 9.78. The van der Waals surface area contributed by atoms with Gasteiger partial charge in [-0.15, -0.1) is 0 Å². The summed E-state index contributed by atoms with van der Waals surface area (Å²) in [4.78, 5) is 8.88. The van der Waals surface area contributed by atoms with Crippen molar-refractivity contribution in [3.8, 4) is 34.6 Å². The van der Waals surface area contributed by atoms with E-state index in [0.717, 1.165) is 18.4 Å². The monoisotopic (exact) mass is 418 g/mol. The number of nitrogens with zero attached hydrogens (tertiary/aromatic N) is 3. The molecule has 0 aliphatic carbocycles. The lowest BCUT2D eigenvalue weighted by atomic mass is 10.1. The van der Waals surface area contributed by atoms with Gasteiger partial charge in [0.25, 0.3) is 0 Å². The van der Waals surface area contributed by atoms with E-state index in [1.54, 1.807) is 30.5 Å². The molecular weight excluding hydrogens is 396 g/mol. The number of benzene rings is 2. The minimum atomic E-state index is -0.00843. The number of nitriles is 1. The van der Waals surface area contributed by atoms with Gasteiger partial charge in [0.05, 0.1) is 31.6 Å². The van der Waals surface area contributed by atoms with Gasteiger partial charge >= 0.3 is 0 Å². The van der Waals surface area contributed by atoms with Crippen LogP contribution in [0, 0.1) is 11.3 Å². The van der Waals surface area contributed by atoms with Gasteiger partial charge in [-0.2, -0.15) is 5.26 Å². The Balaban J connectivity index is 1.65. The molecule has 0 radical (unpaired) electrons. The van der Waals surface area contributed by atoms with Crippen LogP contribution in [0.2, 0.25) is 0 Å². The molecule has 1 aromatic heterocycles. The summed E-state index contributed by atoms with van der Waals surface area (Å²) in [5, 5.41) is 22.5. The molecule has 8 nitrogen and oxygen atoms in total. The topological polar surface area (TPSA) is 110 Å². The number of methoxy groups -OCH3 is 1. The van der Waals surface area contributed by atoms with Crippen LogP contribution in [-0.2, 0) is 4.74 Å². The zero-order chi connectivity index (χ0) is 21.6. The Morgan fingerprint density at radius 2 is 2.03 bits per heavy atom. The van der Waals surface area contributed by atoms with E-state index in [1.807, 2.05) is 12.1 Å². The molecular formula is C23H22N4O4. The molecule has 0 spiro atoms. The SMILES string of the molecule is COc1cc(Nc2nccc(-c3cccc(C#N)c3OC3CCOCC3)n2)ccc1O. The van der Waals surface area contributed by atoms with Crippen molar-refractivity contribution in [1.82, 2.24) is 9.97 Å². The van der Waals surface area contributed by atoms with Gasteiger partial charge in [0.2, 0.25) is 5.95 Å². The van der Waals surface area contributed by atoms with Gasteiger partial charge in [-0.25, -0.2) is 9.97 Å². The van der Waals surface area contributed by atoms with Crippen molar-refractivity contribution in [1.29, 1.82) is 5.26 Å². The van der Waals surface area contributed by atoms with Gasteiger partial charge in [-0.1, -0.05) is 6.07 Å². The summed E-state index contributed by atoms with van der Waals surface area (Å²) in [6.07, 6.45) is 3.18. The largest absolute Gasteiger partial charge is 0.504 e. The first kappa shape index (κ1) is 20.4. The van der Waals surface area contributed by atoms with Crippen LogP contribution in [0.4, 0.5) is 11.6 Å². The Bertz CT molecular complexity index is 1110. The fraction of sp³-hybridized carbons (Fsp3) is 0.261. The van der Waals surface area contributed by atoms with E-state index in [2.05, 4.69) is 21.4 Å². The maximum atomic E-state index is 9.78. The van der Waals surface area contributed by atoms with Crippen molar-refractivity contribution < 1.29 is 19.3 Å². The van der Waals surface area contributed by atoms with E-state index >= 15 is 0 Å². The highest BCUT2D eigenvalue weighted by Gasteiger charge is 2.20. The molecule has 3 aromatic rings. The van der Waals surface area contributed by atoms with E-state index in [-0.39, 0.29) is 11.9 Å². The van der Waals surface area contributed by atoms with Crippen molar-refractivity contribution >= 4 is 11.6 Å². The third-order valence-electron chi connectivity index (χ3n) is 4.96. The molecule has 1 aliphatic heterocycles. The lowest BCUT2D eigenvalue weighted by molar-refractivity contribution is 0.0257. The summed E-state index contributed by atoms with van der Waals surface area (Å²) in [7, 11) is 1.48. The Hall–Kier alpha value is -3.83. The fourth-order valence-corrected chi connectivity index (χ4v) is 3.37. The molecule has 2 aromatic carbocycles. The van der Waals surface area contributed by atoms with E-state index in [4.69, 9.17) is 14.2 Å². The molecule has 8 heteroatoms. The van der Waals surface area contributed by atoms with E-state index in [1.165, 1.54) is 13.2 Å². The van der Waals surface area contributed by atoms with Gasteiger partial charge in [0.1, 0.15) is 17.9 Å². The van der Waals surface area contributed by atoms with Gasteiger partial charge in [-0.3, -0.25) is 0 Å². The average Bonchev–Trinajstić information content (AvgIpc) is 2.81. The number of nitrogens with one attached hydrogen (secondary N) is 1. The number of aromatic nitrogens is 2. The van der Waals surface area contributed by atoms with Crippen LogP contribution in [0.15, 0.2) is 48.7 Å². The van der Waals surface area contributed by atoms with E-state index < -0.39 is 0 Å². The second-order valence-corrected chi connectivity index (χ2v) is 7.00. The van der Waals surface area contributed by atoms with Gasteiger partial charge in [-0.05, 0) is 30.3 Å². The summed E-state index contributed by atoms with van der Waals surface area (Å²) in [6, 6.07) is 14.3. The van der Waals surface area contributed by atoms with E-state index in [9.17, 15) is 10.4 Å². The number of phenolic OH excluding ortho intramolecular Hbond substituents is 1. The van der Waals surface area contributed by atoms with Crippen LogP contribution in [0.5, 0.6) is 17.2 Å². The van der Waals surface area contributed by atoms with Crippen molar-refractivity contribution in [2.45, 2.75) is 18.9 Å². The van der Waals surface area contributed by atoms with Crippen LogP contribution in [0.25, 0.3) is 11.3 Å². The first-order chi connectivity index (χ1) is 15.2. The van der Waals surface area contributed by atoms with Crippen LogP contribution in [0.3, 0.4) is 0 Å². The second kappa shape index (κ2) is 9.32. The number of aromatic hydroxyl groups is 1. The molecule has 1 aliphatic rings. The predicted molar refractivity (Wildman–Crippen MR) is 115 cm³/mol. The number of para-hydroxylation sites is 1. The van der Waals surface area contributed by atoms with Crippen LogP contribution in [-0.4, -0.2) is 41.5 Å². The molecule has 0 amide bonds. The van der Waals surface area contributed by atoms with Gasteiger partial charge in [0.15, 0.2) is 11.5 Å². The molecule has 0 bridgehead atoms. The Morgan fingerprint density at radius 1 is 1.19 bits per heavy atom. The van der Waals surface area contributed by atoms with E-state index in [0.29, 0.717) is 47.6 Å². The minimum absolute atomic E-state index is 0.00843. The maximum Gasteiger partial charge on any atom is 0.227 e. The smallest absolute Gasteiger partial charge is 0.227 e. The highest BCUT2D eigenvalue weighted by Crippen LogP contribution is 2.35. The molecule has 2 N–H and O–H groups in total. The zero-order valence-electron chi connectivity index (χ0n) is 17.0. The molecule has 0 saturated carbocycles. The minimum Gasteiger partial charge on any atom is -0.504 e. The number of hydrogen-bond acceptors (Lipinski definition) is 8. The van der Waals surface area contributed by atoms with Gasteiger partial charge < -0.3 is 24.6 Å². The summed E-state index contributed by atoms with van der Waals surface area (Å²) in [6.45, 7) is 1.29. The summed E-state index contributed by atoms with van der Waals surface area (Å²) in [5.74, 6) is 1.28. The fourth-order valence-electron chi connectivity index (χ4n) is 3.37. The van der Waals surface area contributed by atoms with Gasteiger partial charge in [0, 0.05) is 36.4 Å². The average molecular weight is 418 g/mol. The molecule has 4 rings (SSSR count). The molecule has 31 heavy (non-hydrogen) atoms. The van der Waals surface area contributed by atoms with Crippen molar-refractivity contribution in [2.75, 3.05) is 25.6 Å². The normalized spacial score (nSPS) is 13.9. The Kier molecular flexibility index (Phi) is 6.15. The predicted octanol–water partition coefficient (Wildman–Crippen LogP) is 4.03. The number of ether oxygens (including phenoxy) is 3. The summed E-state index contributed by atoms with van der Waals surface area (Å²) >= 11 is 0. The van der Waals surface area contributed by atoms with Crippen LogP contribution < -0.4 is 14.8 Å². The highest BCUT2D eigenvalue weighted by molar-refractivity contribution is 5.72. The zero-order valence-corrected chi connectivity index (χ0v) is 17.0. The summed E-state index contributed by atoms with van der Waals surface area (Å²) in [5.41, 5.74) is 2.47. The second-order valence-electron chi connectivity index (χ2n) is 7.00. The Labute approximate surface area is 180 Å². The third kappa shape index (κ3) is 4.68. The number of phenols is 1. The molecule has 1 fully saturated rings. The first-order valence-corrected chi connectivity index (χ1v) is 9.93. The van der Waals surface area contributed by atoms with Crippen molar-refractivity contribution in [3.05, 3.63) is 54.2 Å². The molecule has 2 heterocycles. The number of rotatable bonds is 6.